The topological polar surface area (TPSA) is 4.93 Å². The van der Waals surface area contributed by atoms with Crippen molar-refractivity contribution in [3.05, 3.63) is 23.5 Å². The first-order valence-electron chi connectivity index (χ1n) is 3.15. The SMILES string of the molecule is Cc1ccc(C)n1C(F)(F)F. The Labute approximate surface area is 62.4 Å². The van der Waals surface area contributed by atoms with Gasteiger partial charge in [0.2, 0.25) is 0 Å². The number of nitrogens with zero attached hydrogens (tertiary/aromatic N) is 1. The quantitative estimate of drug-likeness (QED) is 0.554. The highest BCUT2D eigenvalue weighted by atomic mass is 19.4. The van der Waals surface area contributed by atoms with Crippen molar-refractivity contribution in [1.82, 2.24) is 4.57 Å². The maximum atomic E-state index is 12.1. The Morgan fingerprint density at radius 1 is 1.09 bits per heavy atom. The molecule has 1 heterocycles. The zero-order valence-electron chi connectivity index (χ0n) is 6.24. The van der Waals surface area contributed by atoms with Crippen molar-refractivity contribution in [3.63, 3.8) is 0 Å². The van der Waals surface area contributed by atoms with Gasteiger partial charge >= 0.3 is 6.30 Å². The van der Waals surface area contributed by atoms with Crippen LogP contribution >= 0.6 is 0 Å². The predicted molar refractivity (Wildman–Crippen MR) is 35.2 cm³/mol. The van der Waals surface area contributed by atoms with Crippen LogP contribution in [0.25, 0.3) is 0 Å². The molecule has 0 atom stereocenters. The highest BCUT2D eigenvalue weighted by Gasteiger charge is 2.32. The van der Waals surface area contributed by atoms with Crippen molar-refractivity contribution in [2.75, 3.05) is 0 Å². The smallest absolute Gasteiger partial charge is 0.261 e. The zero-order chi connectivity index (χ0) is 8.65. The van der Waals surface area contributed by atoms with E-state index in [2.05, 4.69) is 0 Å². The Kier molecular flexibility index (Phi) is 1.70. The van der Waals surface area contributed by atoms with E-state index in [1.165, 1.54) is 26.0 Å². The summed E-state index contributed by atoms with van der Waals surface area (Å²) in [4.78, 5) is 0. The van der Waals surface area contributed by atoms with Gasteiger partial charge in [-0.1, -0.05) is 0 Å². The summed E-state index contributed by atoms with van der Waals surface area (Å²) in [6.07, 6.45) is -4.28. The van der Waals surface area contributed by atoms with Crippen molar-refractivity contribution >= 4 is 0 Å². The normalized spacial score (nSPS) is 12.1. The molecule has 0 aliphatic carbocycles. The number of rotatable bonds is 0. The van der Waals surface area contributed by atoms with Crippen molar-refractivity contribution in [1.29, 1.82) is 0 Å². The summed E-state index contributed by atoms with van der Waals surface area (Å²) in [6.45, 7) is 2.86. The van der Waals surface area contributed by atoms with Crippen LogP contribution in [0.2, 0.25) is 0 Å². The molecule has 0 spiro atoms. The fourth-order valence-corrected chi connectivity index (χ4v) is 1.07. The van der Waals surface area contributed by atoms with Gasteiger partial charge in [-0.25, -0.2) is 0 Å². The molecule has 62 valence electrons. The lowest BCUT2D eigenvalue weighted by Gasteiger charge is -2.12. The first-order chi connectivity index (χ1) is 4.93. The van der Waals surface area contributed by atoms with Crippen LogP contribution in [0.4, 0.5) is 13.2 Å². The summed E-state index contributed by atoms with van der Waals surface area (Å²) in [5, 5.41) is 0. The van der Waals surface area contributed by atoms with Gasteiger partial charge in [0, 0.05) is 11.4 Å². The van der Waals surface area contributed by atoms with E-state index < -0.39 is 6.30 Å². The molecule has 0 aliphatic rings. The van der Waals surface area contributed by atoms with Crippen LogP contribution in [0.3, 0.4) is 0 Å². The van der Waals surface area contributed by atoms with E-state index in [1.54, 1.807) is 0 Å². The van der Waals surface area contributed by atoms with Gasteiger partial charge < -0.3 is 0 Å². The molecule has 1 rings (SSSR count). The lowest BCUT2D eigenvalue weighted by molar-refractivity contribution is -0.205. The molecular formula is C7H8F3N. The molecule has 4 heteroatoms. The van der Waals surface area contributed by atoms with Crippen molar-refractivity contribution in [2.45, 2.75) is 20.1 Å². The molecule has 11 heavy (non-hydrogen) atoms. The van der Waals surface area contributed by atoms with Crippen molar-refractivity contribution < 1.29 is 13.2 Å². The minimum absolute atomic E-state index is 0.218. The van der Waals surface area contributed by atoms with E-state index in [-0.39, 0.29) is 11.4 Å². The molecule has 0 unspecified atom stereocenters. The second kappa shape index (κ2) is 2.29. The Morgan fingerprint density at radius 2 is 1.45 bits per heavy atom. The van der Waals surface area contributed by atoms with E-state index in [9.17, 15) is 13.2 Å². The van der Waals surface area contributed by atoms with Gasteiger partial charge in [0.05, 0.1) is 0 Å². The molecule has 0 saturated heterocycles. The third-order valence-corrected chi connectivity index (χ3v) is 1.52. The molecular weight excluding hydrogens is 155 g/mol. The van der Waals surface area contributed by atoms with E-state index in [4.69, 9.17) is 0 Å². The molecule has 0 radical (unpaired) electrons. The molecule has 0 amide bonds. The largest absolute Gasteiger partial charge is 0.488 e. The summed E-state index contributed by atoms with van der Waals surface area (Å²) in [5.74, 6) is 0. The van der Waals surface area contributed by atoms with Crippen LogP contribution in [0.5, 0.6) is 0 Å². The van der Waals surface area contributed by atoms with Gasteiger partial charge in [0.1, 0.15) is 0 Å². The average Bonchev–Trinajstić information content (AvgIpc) is 2.08. The second-order valence-corrected chi connectivity index (χ2v) is 2.42. The number of halogens is 3. The number of aromatic nitrogens is 1. The fraction of sp³-hybridized carbons (Fsp3) is 0.429. The fourth-order valence-electron chi connectivity index (χ4n) is 1.07. The Balaban J connectivity index is 3.21. The van der Waals surface area contributed by atoms with E-state index in [0.717, 1.165) is 0 Å². The highest BCUT2D eigenvalue weighted by molar-refractivity contribution is 5.14. The maximum Gasteiger partial charge on any atom is 0.488 e. The van der Waals surface area contributed by atoms with Crippen LogP contribution < -0.4 is 0 Å². The van der Waals surface area contributed by atoms with Crippen LogP contribution in [0.15, 0.2) is 12.1 Å². The molecule has 1 aromatic rings. The van der Waals surface area contributed by atoms with Crippen LogP contribution in [0.1, 0.15) is 11.4 Å². The zero-order valence-corrected chi connectivity index (χ0v) is 6.24. The van der Waals surface area contributed by atoms with Crippen LogP contribution in [0, 0.1) is 13.8 Å². The van der Waals surface area contributed by atoms with Gasteiger partial charge in [-0.2, -0.15) is 0 Å². The number of hydrogen-bond acceptors (Lipinski definition) is 0. The van der Waals surface area contributed by atoms with Crippen LogP contribution in [-0.4, -0.2) is 4.57 Å². The van der Waals surface area contributed by atoms with E-state index in [1.807, 2.05) is 0 Å². The summed E-state index contributed by atoms with van der Waals surface area (Å²) in [7, 11) is 0. The highest BCUT2D eigenvalue weighted by Crippen LogP contribution is 2.26. The van der Waals surface area contributed by atoms with Crippen molar-refractivity contribution in [3.8, 4) is 0 Å². The van der Waals surface area contributed by atoms with Gasteiger partial charge in [0.25, 0.3) is 0 Å². The summed E-state index contributed by atoms with van der Waals surface area (Å²) < 4.78 is 36.7. The molecule has 0 N–H and O–H groups in total. The molecule has 0 saturated carbocycles. The summed E-state index contributed by atoms with van der Waals surface area (Å²) >= 11 is 0. The van der Waals surface area contributed by atoms with Crippen molar-refractivity contribution in [2.24, 2.45) is 0 Å². The number of hydrogen-bond donors (Lipinski definition) is 0. The number of aryl methyl sites for hydroxylation is 2. The molecule has 1 aromatic heterocycles. The average molecular weight is 163 g/mol. The first kappa shape index (κ1) is 8.17. The van der Waals surface area contributed by atoms with Crippen LogP contribution in [-0.2, 0) is 6.30 Å². The lowest BCUT2D eigenvalue weighted by atomic mass is 10.5. The summed E-state index contributed by atoms with van der Waals surface area (Å²) in [6, 6.07) is 2.89. The van der Waals surface area contributed by atoms with Gasteiger partial charge in [-0.3, -0.25) is 4.57 Å². The Bertz CT molecular complexity index is 240. The molecule has 0 fully saturated rings. The van der Waals surface area contributed by atoms with Gasteiger partial charge in [0.15, 0.2) is 0 Å². The second-order valence-electron chi connectivity index (χ2n) is 2.42. The van der Waals surface area contributed by atoms with E-state index in [0.29, 0.717) is 4.57 Å². The standard InChI is InChI=1S/C7H8F3N/c1-5-3-4-6(2)11(5)7(8,9)10/h3-4H,1-2H3. The molecule has 0 aromatic carbocycles. The van der Waals surface area contributed by atoms with Gasteiger partial charge in [-0.05, 0) is 26.0 Å². The monoisotopic (exact) mass is 163 g/mol. The Hall–Kier alpha value is -0.930. The first-order valence-corrected chi connectivity index (χ1v) is 3.15. The molecule has 0 aliphatic heterocycles. The minimum atomic E-state index is -4.28. The maximum absolute atomic E-state index is 12.1. The molecule has 0 bridgehead atoms. The number of alkyl halides is 3. The third kappa shape index (κ3) is 1.39. The third-order valence-electron chi connectivity index (χ3n) is 1.52. The lowest BCUT2D eigenvalue weighted by Crippen LogP contribution is -2.19. The Morgan fingerprint density at radius 3 is 1.64 bits per heavy atom. The predicted octanol–water partition coefficient (Wildman–Crippen LogP) is 2.58. The van der Waals surface area contributed by atoms with E-state index >= 15 is 0 Å². The molecule has 1 nitrogen and oxygen atoms in total. The summed E-state index contributed by atoms with van der Waals surface area (Å²) in [5.41, 5.74) is 0.435. The minimum Gasteiger partial charge on any atom is -0.261 e. The van der Waals surface area contributed by atoms with Gasteiger partial charge in [-0.15, -0.1) is 13.2 Å².